The Kier molecular flexibility index (Phi) is 8.55. The molecule has 0 radical (unpaired) electrons. The van der Waals surface area contributed by atoms with E-state index in [1.54, 1.807) is 0 Å². The summed E-state index contributed by atoms with van der Waals surface area (Å²) in [6, 6.07) is 10.3. The summed E-state index contributed by atoms with van der Waals surface area (Å²) in [5.74, 6) is 1.99. The topological polar surface area (TPSA) is 63.2 Å². The fraction of sp³-hybridized carbons (Fsp3) is 0.417. The van der Waals surface area contributed by atoms with Gasteiger partial charge in [-0.1, -0.05) is 50.1 Å². The molecule has 174 valence electrons. The molecular weight excluding hydrogens is 446 g/mol. The molecule has 1 heterocycles. The van der Waals surface area contributed by atoms with Crippen LogP contribution in [0.3, 0.4) is 0 Å². The van der Waals surface area contributed by atoms with Crippen LogP contribution in [0, 0.1) is 6.92 Å². The highest BCUT2D eigenvalue weighted by atomic mass is 31.2. The Bertz CT molecular complexity index is 1010. The van der Waals surface area contributed by atoms with Crippen LogP contribution in [0.4, 0.5) is 0 Å². The second kappa shape index (κ2) is 11.0. The zero-order valence-corrected chi connectivity index (χ0v) is 21.3. The highest BCUT2D eigenvalue weighted by Crippen LogP contribution is 2.59. The Morgan fingerprint density at radius 2 is 1.81 bits per heavy atom. The summed E-state index contributed by atoms with van der Waals surface area (Å²) in [5.41, 5.74) is 5.01. The maximum Gasteiger partial charge on any atom is 0.340 e. The Morgan fingerprint density at radius 3 is 2.47 bits per heavy atom. The number of hydrogen-bond acceptors (Lipinski definition) is 6. The summed E-state index contributed by atoms with van der Waals surface area (Å²) in [6.07, 6.45) is 4.28. The van der Waals surface area contributed by atoms with E-state index in [0.29, 0.717) is 17.3 Å². The van der Waals surface area contributed by atoms with E-state index in [9.17, 15) is 4.57 Å². The average molecular weight is 478 g/mol. The van der Waals surface area contributed by atoms with Gasteiger partial charge in [0.25, 0.3) is 0 Å². The molecule has 0 amide bonds. The van der Waals surface area contributed by atoms with Gasteiger partial charge in [0.1, 0.15) is 23.2 Å². The fourth-order valence-corrected chi connectivity index (χ4v) is 6.98. The lowest BCUT2D eigenvalue weighted by Gasteiger charge is -2.27. The third kappa shape index (κ3) is 5.62. The van der Waals surface area contributed by atoms with E-state index < -0.39 is 16.0 Å². The highest BCUT2D eigenvalue weighted by Gasteiger charge is 2.32. The van der Waals surface area contributed by atoms with Crippen molar-refractivity contribution in [3.63, 3.8) is 0 Å². The van der Waals surface area contributed by atoms with E-state index in [4.69, 9.17) is 22.8 Å². The van der Waals surface area contributed by atoms with Crippen molar-refractivity contribution in [2.24, 2.45) is 0 Å². The van der Waals surface area contributed by atoms with Gasteiger partial charge in [-0.25, -0.2) is 0 Å². The molecule has 0 saturated carbocycles. The van der Waals surface area contributed by atoms with Crippen molar-refractivity contribution < 1.29 is 27.4 Å². The van der Waals surface area contributed by atoms with Crippen LogP contribution >= 0.6 is 16.0 Å². The van der Waals surface area contributed by atoms with Crippen LogP contribution in [0.25, 0.3) is 16.9 Å². The number of rotatable bonds is 11. The number of benzene rings is 2. The predicted molar refractivity (Wildman–Crippen MR) is 131 cm³/mol. The number of aryl methyl sites for hydroxylation is 2. The molecule has 0 aliphatic carbocycles. The van der Waals surface area contributed by atoms with Gasteiger partial charge in [0.2, 0.25) is 8.38 Å². The van der Waals surface area contributed by atoms with Crippen molar-refractivity contribution in [1.82, 2.24) is 0 Å². The lowest BCUT2D eigenvalue weighted by molar-refractivity contribution is 0.278. The van der Waals surface area contributed by atoms with Crippen molar-refractivity contribution in [3.8, 4) is 22.6 Å². The summed E-state index contributed by atoms with van der Waals surface area (Å²) in [7, 11) is -0.617. The SMILES string of the molecule is C=C1Oc2cc(CCCCC)cc(OP(CP(=O)(OC)OC)OC)c2-c2cc(C)ccc21. The van der Waals surface area contributed by atoms with Crippen LogP contribution in [0.15, 0.2) is 36.9 Å². The third-order valence-corrected chi connectivity index (χ3v) is 9.65. The number of ether oxygens (including phenoxy) is 1. The van der Waals surface area contributed by atoms with Crippen LogP contribution in [-0.4, -0.2) is 27.2 Å². The maximum absolute atomic E-state index is 12.7. The third-order valence-electron chi connectivity index (χ3n) is 5.42. The molecule has 6 nitrogen and oxygen atoms in total. The summed E-state index contributed by atoms with van der Waals surface area (Å²) in [6.45, 7) is 8.35. The normalized spacial score (nSPS) is 13.8. The second-order valence-electron chi connectivity index (χ2n) is 7.72. The van der Waals surface area contributed by atoms with Gasteiger partial charge in [0.15, 0.2) is 0 Å². The van der Waals surface area contributed by atoms with E-state index >= 15 is 0 Å². The molecule has 1 atom stereocenters. The molecule has 1 aliphatic rings. The first kappa shape index (κ1) is 25.0. The summed E-state index contributed by atoms with van der Waals surface area (Å²) >= 11 is 0. The Hall–Kier alpha value is -1.68. The Morgan fingerprint density at radius 1 is 1.06 bits per heavy atom. The second-order valence-corrected chi connectivity index (χ2v) is 12.0. The first-order valence-corrected chi connectivity index (χ1v) is 13.8. The van der Waals surface area contributed by atoms with Crippen molar-refractivity contribution >= 4 is 21.7 Å². The molecule has 1 aliphatic heterocycles. The first-order chi connectivity index (χ1) is 15.3. The fourth-order valence-electron chi connectivity index (χ4n) is 3.65. The minimum atomic E-state index is -3.30. The zero-order valence-electron chi connectivity index (χ0n) is 19.5. The largest absolute Gasteiger partial charge is 0.457 e. The number of unbranched alkanes of at least 4 members (excludes halogenated alkanes) is 2. The minimum Gasteiger partial charge on any atom is -0.457 e. The molecule has 1 unspecified atom stereocenters. The smallest absolute Gasteiger partial charge is 0.340 e. The van der Waals surface area contributed by atoms with Crippen LogP contribution in [0.2, 0.25) is 0 Å². The monoisotopic (exact) mass is 478 g/mol. The zero-order chi connectivity index (χ0) is 23.3. The summed E-state index contributed by atoms with van der Waals surface area (Å²) < 4.78 is 40.9. The highest BCUT2D eigenvalue weighted by molar-refractivity contribution is 7.68. The Balaban J connectivity index is 2.07. The van der Waals surface area contributed by atoms with Crippen molar-refractivity contribution in [2.75, 3.05) is 27.2 Å². The molecule has 0 fully saturated rings. The van der Waals surface area contributed by atoms with E-state index in [0.717, 1.165) is 53.5 Å². The number of fused-ring (bicyclic) bond motifs is 3. The van der Waals surface area contributed by atoms with Gasteiger partial charge in [-0.3, -0.25) is 4.57 Å². The van der Waals surface area contributed by atoms with Gasteiger partial charge in [0.05, 0.1) is 5.56 Å². The first-order valence-electron chi connectivity index (χ1n) is 10.7. The molecule has 0 aromatic heterocycles. The molecular formula is C24H32O6P2. The molecule has 2 aromatic rings. The lowest BCUT2D eigenvalue weighted by Crippen LogP contribution is -2.07. The van der Waals surface area contributed by atoms with Gasteiger partial charge in [-0.2, -0.15) is 0 Å². The average Bonchev–Trinajstić information content (AvgIpc) is 2.78. The van der Waals surface area contributed by atoms with E-state index in [2.05, 4.69) is 25.6 Å². The summed E-state index contributed by atoms with van der Waals surface area (Å²) in [5, 5.41) is 0. The quantitative estimate of drug-likeness (QED) is 0.246. The molecule has 0 N–H and O–H groups in total. The van der Waals surface area contributed by atoms with Gasteiger partial charge in [-0.05, 0) is 37.5 Å². The van der Waals surface area contributed by atoms with Crippen molar-refractivity contribution in [3.05, 3.63) is 53.6 Å². The molecule has 32 heavy (non-hydrogen) atoms. The van der Waals surface area contributed by atoms with Gasteiger partial charge in [0, 0.05) is 32.5 Å². The molecule has 3 rings (SSSR count). The van der Waals surface area contributed by atoms with Crippen LogP contribution in [-0.2, 0) is 24.6 Å². The predicted octanol–water partition coefficient (Wildman–Crippen LogP) is 7.54. The van der Waals surface area contributed by atoms with E-state index in [1.807, 2.05) is 25.1 Å². The Labute approximate surface area is 192 Å². The number of hydrogen-bond donors (Lipinski definition) is 0. The lowest BCUT2D eigenvalue weighted by atomic mass is 9.91. The molecule has 2 aromatic carbocycles. The van der Waals surface area contributed by atoms with Crippen LogP contribution in [0.5, 0.6) is 11.5 Å². The summed E-state index contributed by atoms with van der Waals surface area (Å²) in [4.78, 5) is 0. The van der Waals surface area contributed by atoms with Crippen molar-refractivity contribution in [1.29, 1.82) is 0 Å². The van der Waals surface area contributed by atoms with Gasteiger partial charge >= 0.3 is 7.60 Å². The minimum absolute atomic E-state index is 0.0227. The standard InChI is InChI=1S/C24H32O6P2/c1-7-8-9-10-19-14-22-24(21-13-17(2)11-12-20(21)18(3)29-22)23(15-19)30-31(26-4)16-32(25,27-5)28-6/h11-15H,3,7-10,16H2,1-2,4-6H3. The molecule has 0 spiro atoms. The van der Waals surface area contributed by atoms with Gasteiger partial charge in [-0.15, -0.1) is 0 Å². The van der Waals surface area contributed by atoms with Crippen LogP contribution in [0.1, 0.15) is 42.9 Å². The van der Waals surface area contributed by atoms with Crippen molar-refractivity contribution in [2.45, 2.75) is 39.5 Å². The molecule has 0 bridgehead atoms. The molecule has 0 saturated heterocycles. The van der Waals surface area contributed by atoms with Crippen LogP contribution < -0.4 is 9.26 Å². The van der Waals surface area contributed by atoms with E-state index in [1.165, 1.54) is 21.3 Å². The molecule has 8 heteroatoms. The maximum atomic E-state index is 12.7. The van der Waals surface area contributed by atoms with Gasteiger partial charge < -0.3 is 22.8 Å². The van der Waals surface area contributed by atoms with E-state index in [-0.39, 0.29) is 5.90 Å².